The highest BCUT2D eigenvalue weighted by Gasteiger charge is 2.47. The second-order valence-electron chi connectivity index (χ2n) is 7.80. The second-order valence-corrected chi connectivity index (χ2v) is 7.80. The molecule has 0 bridgehead atoms. The third-order valence-corrected chi connectivity index (χ3v) is 6.18. The number of carbonyl (C=O) groups is 1. The zero-order valence-corrected chi connectivity index (χ0v) is 15.0. The molecule has 0 heterocycles. The average molecular weight is 324 g/mol. The van der Waals surface area contributed by atoms with Crippen molar-refractivity contribution in [3.63, 3.8) is 0 Å². The van der Waals surface area contributed by atoms with Gasteiger partial charge in [0.15, 0.2) is 0 Å². The van der Waals surface area contributed by atoms with Gasteiger partial charge >= 0.3 is 5.97 Å². The first-order valence-corrected chi connectivity index (χ1v) is 9.04. The number of benzene rings is 1. The van der Waals surface area contributed by atoms with Crippen molar-refractivity contribution in [2.75, 3.05) is 0 Å². The SMILES string of the molecule is C=C(C)C1CC(OC(=O)c2ccccc2)C2=CCCC(C)C2(C)C1. The summed E-state index contributed by atoms with van der Waals surface area (Å²) in [6.45, 7) is 11.0. The Balaban J connectivity index is 1.88. The van der Waals surface area contributed by atoms with E-state index in [-0.39, 0.29) is 17.5 Å². The maximum atomic E-state index is 12.6. The minimum atomic E-state index is -0.218. The molecule has 1 fully saturated rings. The minimum Gasteiger partial charge on any atom is -0.454 e. The van der Waals surface area contributed by atoms with Crippen molar-refractivity contribution in [1.82, 2.24) is 0 Å². The Kier molecular flexibility index (Phi) is 4.67. The van der Waals surface area contributed by atoms with Crippen molar-refractivity contribution in [3.05, 3.63) is 59.7 Å². The van der Waals surface area contributed by atoms with Gasteiger partial charge in [0.05, 0.1) is 5.56 Å². The van der Waals surface area contributed by atoms with Crippen LogP contribution in [0.4, 0.5) is 0 Å². The highest BCUT2D eigenvalue weighted by atomic mass is 16.5. The molecule has 2 nitrogen and oxygen atoms in total. The van der Waals surface area contributed by atoms with Crippen LogP contribution >= 0.6 is 0 Å². The Labute approximate surface area is 145 Å². The van der Waals surface area contributed by atoms with E-state index >= 15 is 0 Å². The number of esters is 1. The van der Waals surface area contributed by atoms with E-state index < -0.39 is 0 Å². The first-order chi connectivity index (χ1) is 11.4. The molecule has 1 aromatic rings. The Morgan fingerprint density at radius 1 is 1.29 bits per heavy atom. The van der Waals surface area contributed by atoms with Gasteiger partial charge in [-0.15, -0.1) is 0 Å². The van der Waals surface area contributed by atoms with Gasteiger partial charge in [-0.05, 0) is 67.6 Å². The number of hydrogen-bond donors (Lipinski definition) is 0. The number of rotatable bonds is 3. The van der Waals surface area contributed by atoms with Crippen LogP contribution in [-0.4, -0.2) is 12.1 Å². The van der Waals surface area contributed by atoms with Crippen LogP contribution < -0.4 is 0 Å². The molecular weight excluding hydrogens is 296 g/mol. The fourth-order valence-electron chi connectivity index (χ4n) is 4.38. The molecule has 24 heavy (non-hydrogen) atoms. The van der Waals surface area contributed by atoms with E-state index in [1.165, 1.54) is 17.6 Å². The van der Waals surface area contributed by atoms with Crippen LogP contribution in [0.3, 0.4) is 0 Å². The third kappa shape index (κ3) is 3.07. The second kappa shape index (κ2) is 6.58. The fraction of sp³-hybridized carbons (Fsp3) is 0.500. The smallest absolute Gasteiger partial charge is 0.338 e. The van der Waals surface area contributed by atoms with E-state index in [0.717, 1.165) is 19.3 Å². The van der Waals surface area contributed by atoms with Gasteiger partial charge in [-0.25, -0.2) is 4.79 Å². The van der Waals surface area contributed by atoms with Crippen molar-refractivity contribution >= 4 is 5.97 Å². The van der Waals surface area contributed by atoms with Crippen molar-refractivity contribution in [1.29, 1.82) is 0 Å². The van der Waals surface area contributed by atoms with Gasteiger partial charge in [0, 0.05) is 0 Å². The molecule has 0 N–H and O–H groups in total. The van der Waals surface area contributed by atoms with Crippen LogP contribution in [0.2, 0.25) is 0 Å². The van der Waals surface area contributed by atoms with Gasteiger partial charge in [-0.2, -0.15) is 0 Å². The van der Waals surface area contributed by atoms with Crippen molar-refractivity contribution < 1.29 is 9.53 Å². The van der Waals surface area contributed by atoms with E-state index in [1.54, 1.807) is 0 Å². The topological polar surface area (TPSA) is 26.3 Å². The molecule has 0 radical (unpaired) electrons. The first kappa shape index (κ1) is 17.0. The lowest BCUT2D eigenvalue weighted by Crippen LogP contribution is -2.44. The van der Waals surface area contributed by atoms with Crippen LogP contribution in [0.15, 0.2) is 54.1 Å². The molecule has 128 valence electrons. The van der Waals surface area contributed by atoms with Gasteiger partial charge < -0.3 is 4.74 Å². The predicted octanol–water partition coefficient (Wildman–Crippen LogP) is 5.56. The van der Waals surface area contributed by atoms with Gasteiger partial charge in [-0.3, -0.25) is 0 Å². The van der Waals surface area contributed by atoms with Gasteiger partial charge in [0.1, 0.15) is 6.10 Å². The number of fused-ring (bicyclic) bond motifs is 1. The molecule has 2 aliphatic rings. The zero-order chi connectivity index (χ0) is 17.3. The molecule has 2 aliphatic carbocycles. The lowest BCUT2D eigenvalue weighted by atomic mass is 9.57. The predicted molar refractivity (Wildman–Crippen MR) is 97.8 cm³/mol. The molecule has 0 aromatic heterocycles. The van der Waals surface area contributed by atoms with E-state index in [2.05, 4.69) is 33.4 Å². The molecule has 2 heteroatoms. The first-order valence-electron chi connectivity index (χ1n) is 9.04. The van der Waals surface area contributed by atoms with Crippen LogP contribution in [-0.2, 0) is 4.74 Å². The van der Waals surface area contributed by atoms with Gasteiger partial charge in [0.2, 0.25) is 0 Å². The molecule has 0 spiro atoms. The lowest BCUT2D eigenvalue weighted by molar-refractivity contribution is 0.00929. The largest absolute Gasteiger partial charge is 0.454 e. The summed E-state index contributed by atoms with van der Waals surface area (Å²) in [6, 6.07) is 9.30. The average Bonchev–Trinajstić information content (AvgIpc) is 2.56. The van der Waals surface area contributed by atoms with Crippen LogP contribution in [0, 0.1) is 17.3 Å². The fourth-order valence-corrected chi connectivity index (χ4v) is 4.38. The lowest BCUT2D eigenvalue weighted by Gasteiger charge is -2.50. The molecule has 0 aliphatic heterocycles. The van der Waals surface area contributed by atoms with Crippen molar-refractivity contribution in [2.45, 2.75) is 52.6 Å². The maximum Gasteiger partial charge on any atom is 0.338 e. The number of carbonyl (C=O) groups excluding carboxylic acids is 1. The summed E-state index contributed by atoms with van der Waals surface area (Å²) in [5.74, 6) is 0.809. The summed E-state index contributed by atoms with van der Waals surface area (Å²) in [4.78, 5) is 12.6. The number of allylic oxidation sites excluding steroid dienone is 2. The molecule has 4 atom stereocenters. The summed E-state index contributed by atoms with van der Waals surface area (Å²) in [7, 11) is 0. The summed E-state index contributed by atoms with van der Waals surface area (Å²) in [5.41, 5.74) is 3.28. The van der Waals surface area contributed by atoms with Crippen LogP contribution in [0.1, 0.15) is 56.8 Å². The summed E-state index contributed by atoms with van der Waals surface area (Å²) in [6.07, 6.45) is 6.49. The van der Waals surface area contributed by atoms with E-state index in [0.29, 0.717) is 17.4 Å². The summed E-state index contributed by atoms with van der Waals surface area (Å²) in [5, 5.41) is 0. The normalized spacial score (nSPS) is 32.5. The quantitative estimate of drug-likeness (QED) is 0.537. The van der Waals surface area contributed by atoms with Crippen LogP contribution in [0.5, 0.6) is 0 Å². The Morgan fingerprint density at radius 2 is 2.00 bits per heavy atom. The minimum absolute atomic E-state index is 0.113. The Hall–Kier alpha value is -1.83. The van der Waals surface area contributed by atoms with Crippen molar-refractivity contribution in [3.8, 4) is 0 Å². The highest BCUT2D eigenvalue weighted by Crippen LogP contribution is 2.54. The summed E-state index contributed by atoms with van der Waals surface area (Å²) < 4.78 is 5.99. The number of ether oxygens (including phenoxy) is 1. The molecule has 1 saturated carbocycles. The Morgan fingerprint density at radius 3 is 2.67 bits per heavy atom. The number of hydrogen-bond acceptors (Lipinski definition) is 2. The van der Waals surface area contributed by atoms with Crippen molar-refractivity contribution in [2.24, 2.45) is 17.3 Å². The molecular formula is C22H28O2. The zero-order valence-electron chi connectivity index (χ0n) is 15.0. The van der Waals surface area contributed by atoms with Gasteiger partial charge in [-0.1, -0.05) is 50.3 Å². The molecule has 0 saturated heterocycles. The van der Waals surface area contributed by atoms with Gasteiger partial charge in [0.25, 0.3) is 0 Å². The standard InChI is InChI=1S/C22H28O2/c1-15(2)18-13-20(24-21(23)17-10-6-5-7-11-17)19-12-8-9-16(3)22(19,4)14-18/h5-7,10-12,16,18,20H,1,8-9,13-14H2,2-4H3. The molecule has 3 rings (SSSR count). The summed E-state index contributed by atoms with van der Waals surface area (Å²) >= 11 is 0. The van der Waals surface area contributed by atoms with Crippen LogP contribution in [0.25, 0.3) is 0 Å². The molecule has 0 amide bonds. The Bertz CT molecular complexity index is 658. The van der Waals surface area contributed by atoms with E-state index in [1.807, 2.05) is 30.3 Å². The van der Waals surface area contributed by atoms with E-state index in [9.17, 15) is 4.79 Å². The molecule has 4 unspecified atom stereocenters. The maximum absolute atomic E-state index is 12.6. The monoisotopic (exact) mass is 324 g/mol. The molecule has 1 aromatic carbocycles. The highest BCUT2D eigenvalue weighted by molar-refractivity contribution is 5.89. The van der Waals surface area contributed by atoms with E-state index in [4.69, 9.17) is 4.74 Å². The third-order valence-electron chi connectivity index (χ3n) is 6.18.